The molecule has 2 aliphatic rings. The number of halogens is 1. The first-order valence-electron chi connectivity index (χ1n) is 7.82. The predicted molar refractivity (Wildman–Crippen MR) is 89.1 cm³/mol. The second-order valence-electron chi connectivity index (χ2n) is 6.40. The number of hydrogen-bond donors (Lipinski definition) is 1. The Morgan fingerprint density at radius 3 is 2.64 bits per heavy atom. The van der Waals surface area contributed by atoms with Crippen molar-refractivity contribution in [3.8, 4) is 0 Å². The predicted octanol–water partition coefficient (Wildman–Crippen LogP) is 2.45. The first-order chi connectivity index (χ1) is 10.2. The number of carbonyl (C=O) groups excluding carboxylic acids is 1. The summed E-state index contributed by atoms with van der Waals surface area (Å²) in [4.78, 5) is 13.9. The molecule has 2 N–H and O–H groups in total. The quantitative estimate of drug-likeness (QED) is 0.868. The maximum atomic E-state index is 11.4. The molecule has 1 aromatic carbocycles. The van der Waals surface area contributed by atoms with Gasteiger partial charge in [0.1, 0.15) is 0 Å². The summed E-state index contributed by atoms with van der Waals surface area (Å²) in [6, 6.07) is 8.12. The number of esters is 1. The lowest BCUT2D eigenvalue weighted by Crippen LogP contribution is -2.38. The molecular weight excluding hydrogens is 300 g/mol. The Bertz CT molecular complexity index is 506. The largest absolute Gasteiger partial charge is 0.465 e. The number of ether oxygens (including phenoxy) is 1. The number of methoxy groups -OCH3 is 1. The van der Waals surface area contributed by atoms with Crippen molar-refractivity contribution in [1.29, 1.82) is 0 Å². The molecule has 3 atom stereocenters. The SMILES string of the molecule is COC(=O)c1ccc(CN2CC3CCCC(N)C3C2)cc1.Cl. The van der Waals surface area contributed by atoms with Crippen LogP contribution in [0.25, 0.3) is 0 Å². The summed E-state index contributed by atoms with van der Waals surface area (Å²) in [5.41, 5.74) is 8.12. The summed E-state index contributed by atoms with van der Waals surface area (Å²) >= 11 is 0. The van der Waals surface area contributed by atoms with Gasteiger partial charge in [-0.05, 0) is 42.4 Å². The van der Waals surface area contributed by atoms with Crippen molar-refractivity contribution in [2.45, 2.75) is 31.8 Å². The lowest BCUT2D eigenvalue weighted by atomic mass is 9.78. The molecule has 0 radical (unpaired) electrons. The number of carbonyl (C=O) groups is 1. The molecule has 5 heteroatoms. The van der Waals surface area contributed by atoms with E-state index in [1.165, 1.54) is 31.9 Å². The van der Waals surface area contributed by atoms with Crippen molar-refractivity contribution < 1.29 is 9.53 Å². The number of nitrogens with zero attached hydrogens (tertiary/aromatic N) is 1. The van der Waals surface area contributed by atoms with Crippen molar-refractivity contribution >= 4 is 18.4 Å². The maximum Gasteiger partial charge on any atom is 0.337 e. The zero-order valence-electron chi connectivity index (χ0n) is 13.0. The van der Waals surface area contributed by atoms with Crippen LogP contribution in [0.4, 0.5) is 0 Å². The molecule has 3 rings (SSSR count). The second-order valence-corrected chi connectivity index (χ2v) is 6.40. The maximum absolute atomic E-state index is 11.4. The van der Waals surface area contributed by atoms with Gasteiger partial charge in [-0.1, -0.05) is 18.6 Å². The zero-order chi connectivity index (χ0) is 14.8. The van der Waals surface area contributed by atoms with Gasteiger partial charge in [-0.25, -0.2) is 4.79 Å². The molecule has 1 saturated heterocycles. The van der Waals surface area contributed by atoms with E-state index in [9.17, 15) is 4.79 Å². The topological polar surface area (TPSA) is 55.6 Å². The van der Waals surface area contributed by atoms with Crippen LogP contribution in [0, 0.1) is 11.8 Å². The molecule has 1 aromatic rings. The number of rotatable bonds is 3. The molecule has 0 amide bonds. The van der Waals surface area contributed by atoms with Gasteiger partial charge in [0.15, 0.2) is 0 Å². The van der Waals surface area contributed by atoms with Crippen molar-refractivity contribution in [1.82, 2.24) is 4.90 Å². The molecule has 3 unspecified atom stereocenters. The molecule has 2 fully saturated rings. The normalized spacial score (nSPS) is 27.8. The fourth-order valence-electron chi connectivity index (χ4n) is 3.86. The third-order valence-electron chi connectivity index (χ3n) is 5.01. The fourth-order valence-corrected chi connectivity index (χ4v) is 3.86. The molecule has 0 bridgehead atoms. The Hall–Kier alpha value is -1.10. The zero-order valence-corrected chi connectivity index (χ0v) is 13.8. The number of fused-ring (bicyclic) bond motifs is 1. The van der Waals surface area contributed by atoms with E-state index in [0.29, 0.717) is 17.5 Å². The smallest absolute Gasteiger partial charge is 0.337 e. The monoisotopic (exact) mass is 324 g/mol. The van der Waals surface area contributed by atoms with Crippen LogP contribution in [-0.2, 0) is 11.3 Å². The molecule has 1 aliphatic carbocycles. The average Bonchev–Trinajstić information content (AvgIpc) is 2.91. The average molecular weight is 325 g/mol. The van der Waals surface area contributed by atoms with Gasteiger partial charge in [-0.3, -0.25) is 4.90 Å². The lowest BCUT2D eigenvalue weighted by molar-refractivity contribution is 0.0600. The van der Waals surface area contributed by atoms with Crippen LogP contribution >= 0.6 is 12.4 Å². The Morgan fingerprint density at radius 1 is 1.27 bits per heavy atom. The van der Waals surface area contributed by atoms with Crippen LogP contribution in [0.1, 0.15) is 35.2 Å². The van der Waals surface area contributed by atoms with E-state index in [1.807, 2.05) is 24.3 Å². The van der Waals surface area contributed by atoms with Gasteiger partial charge in [-0.15, -0.1) is 12.4 Å². The van der Waals surface area contributed by atoms with Crippen LogP contribution in [0.15, 0.2) is 24.3 Å². The highest BCUT2D eigenvalue weighted by Gasteiger charge is 2.38. The Labute approximate surface area is 138 Å². The highest BCUT2D eigenvalue weighted by molar-refractivity contribution is 5.89. The molecule has 0 aromatic heterocycles. The van der Waals surface area contributed by atoms with E-state index in [0.717, 1.165) is 25.6 Å². The molecule has 1 heterocycles. The molecule has 22 heavy (non-hydrogen) atoms. The summed E-state index contributed by atoms with van der Waals surface area (Å²) in [5, 5.41) is 0. The van der Waals surface area contributed by atoms with Crippen LogP contribution < -0.4 is 5.73 Å². The van der Waals surface area contributed by atoms with Crippen LogP contribution in [0.2, 0.25) is 0 Å². The summed E-state index contributed by atoms with van der Waals surface area (Å²) in [5.74, 6) is 1.18. The molecule has 4 nitrogen and oxygen atoms in total. The van der Waals surface area contributed by atoms with Gasteiger partial charge in [-0.2, -0.15) is 0 Å². The van der Waals surface area contributed by atoms with Crippen molar-refractivity contribution in [2.75, 3.05) is 20.2 Å². The molecule has 1 saturated carbocycles. The van der Waals surface area contributed by atoms with Crippen LogP contribution in [0.5, 0.6) is 0 Å². The van der Waals surface area contributed by atoms with E-state index in [4.69, 9.17) is 10.5 Å². The van der Waals surface area contributed by atoms with Crippen molar-refractivity contribution in [2.24, 2.45) is 17.6 Å². The summed E-state index contributed by atoms with van der Waals surface area (Å²) < 4.78 is 4.72. The number of nitrogens with two attached hydrogens (primary N) is 1. The van der Waals surface area contributed by atoms with Gasteiger partial charge in [0.2, 0.25) is 0 Å². The van der Waals surface area contributed by atoms with E-state index in [-0.39, 0.29) is 18.4 Å². The van der Waals surface area contributed by atoms with Crippen molar-refractivity contribution in [3.05, 3.63) is 35.4 Å². The third-order valence-corrected chi connectivity index (χ3v) is 5.01. The molecule has 122 valence electrons. The standard InChI is InChI=1S/C17H24N2O2.ClH/c1-21-17(20)13-7-5-12(6-8-13)9-19-10-14-3-2-4-16(18)15(14)11-19;/h5-8,14-16H,2-4,9-11,18H2,1H3;1H. The Kier molecular flexibility index (Phi) is 5.84. The molecule has 1 aliphatic heterocycles. The second kappa shape index (κ2) is 7.44. The highest BCUT2D eigenvalue weighted by atomic mass is 35.5. The van der Waals surface area contributed by atoms with Gasteiger partial charge < -0.3 is 10.5 Å². The minimum Gasteiger partial charge on any atom is -0.465 e. The van der Waals surface area contributed by atoms with E-state index in [1.54, 1.807) is 0 Å². The Balaban J connectivity index is 0.00000176. The molecule has 0 spiro atoms. The van der Waals surface area contributed by atoms with E-state index < -0.39 is 0 Å². The summed E-state index contributed by atoms with van der Waals surface area (Å²) in [6.07, 6.45) is 3.79. The number of hydrogen-bond acceptors (Lipinski definition) is 4. The van der Waals surface area contributed by atoms with Gasteiger partial charge in [0, 0.05) is 25.7 Å². The Morgan fingerprint density at radius 2 is 2.00 bits per heavy atom. The van der Waals surface area contributed by atoms with Crippen LogP contribution in [-0.4, -0.2) is 37.1 Å². The molecular formula is C17H25ClN2O2. The van der Waals surface area contributed by atoms with E-state index in [2.05, 4.69) is 4.90 Å². The summed E-state index contributed by atoms with van der Waals surface area (Å²) in [6.45, 7) is 3.23. The first kappa shape index (κ1) is 17.3. The number of likely N-dealkylation sites (tertiary alicyclic amines) is 1. The van der Waals surface area contributed by atoms with Crippen molar-refractivity contribution in [3.63, 3.8) is 0 Å². The van der Waals surface area contributed by atoms with E-state index >= 15 is 0 Å². The van der Waals surface area contributed by atoms with Gasteiger partial charge >= 0.3 is 5.97 Å². The number of benzene rings is 1. The van der Waals surface area contributed by atoms with Gasteiger partial charge in [0.25, 0.3) is 0 Å². The lowest BCUT2D eigenvalue weighted by Gasteiger charge is -2.29. The first-order valence-corrected chi connectivity index (χ1v) is 7.82. The third kappa shape index (κ3) is 3.62. The summed E-state index contributed by atoms with van der Waals surface area (Å²) in [7, 11) is 1.41. The minimum absolute atomic E-state index is 0. The highest BCUT2D eigenvalue weighted by Crippen LogP contribution is 2.36. The van der Waals surface area contributed by atoms with Crippen LogP contribution in [0.3, 0.4) is 0 Å². The fraction of sp³-hybridized carbons (Fsp3) is 0.588. The minimum atomic E-state index is -0.278. The van der Waals surface area contributed by atoms with Gasteiger partial charge in [0.05, 0.1) is 12.7 Å².